The molecular weight excluding hydrogens is 196 g/mol. The number of aliphatic hydroxyl groups is 1. The SMILES string of the molecule is C=CCOc1cccc(C(O)C(=O)O)c1. The van der Waals surface area contributed by atoms with Gasteiger partial charge in [-0.3, -0.25) is 0 Å². The zero-order chi connectivity index (χ0) is 11.3. The molecule has 0 amide bonds. The number of carboxylic acid groups (broad SMARTS) is 1. The van der Waals surface area contributed by atoms with Crippen LogP contribution in [-0.2, 0) is 4.79 Å². The van der Waals surface area contributed by atoms with Gasteiger partial charge < -0.3 is 14.9 Å². The van der Waals surface area contributed by atoms with Gasteiger partial charge >= 0.3 is 5.97 Å². The zero-order valence-corrected chi connectivity index (χ0v) is 8.09. The van der Waals surface area contributed by atoms with Gasteiger partial charge in [0.2, 0.25) is 0 Å². The average molecular weight is 208 g/mol. The molecular formula is C11H12O4. The highest BCUT2D eigenvalue weighted by Gasteiger charge is 2.15. The molecule has 1 aromatic carbocycles. The van der Waals surface area contributed by atoms with E-state index in [4.69, 9.17) is 9.84 Å². The lowest BCUT2D eigenvalue weighted by Crippen LogP contribution is -2.10. The van der Waals surface area contributed by atoms with Crippen LogP contribution in [0.1, 0.15) is 11.7 Å². The number of benzene rings is 1. The number of carbonyl (C=O) groups is 1. The highest BCUT2D eigenvalue weighted by Crippen LogP contribution is 2.19. The van der Waals surface area contributed by atoms with E-state index in [1.165, 1.54) is 12.1 Å². The molecule has 1 aromatic rings. The molecule has 1 rings (SSSR count). The van der Waals surface area contributed by atoms with E-state index < -0.39 is 12.1 Å². The number of rotatable bonds is 5. The second-order valence-corrected chi connectivity index (χ2v) is 2.91. The van der Waals surface area contributed by atoms with Crippen LogP contribution in [0.15, 0.2) is 36.9 Å². The third-order valence-corrected chi connectivity index (χ3v) is 1.78. The second kappa shape index (κ2) is 5.17. The van der Waals surface area contributed by atoms with Crippen LogP contribution in [0.3, 0.4) is 0 Å². The molecule has 1 atom stereocenters. The van der Waals surface area contributed by atoms with Crippen molar-refractivity contribution in [1.82, 2.24) is 0 Å². The Balaban J connectivity index is 2.82. The Morgan fingerprint density at radius 2 is 2.33 bits per heavy atom. The minimum Gasteiger partial charge on any atom is -0.490 e. The fourth-order valence-corrected chi connectivity index (χ4v) is 1.07. The summed E-state index contributed by atoms with van der Waals surface area (Å²) in [5.74, 6) is -0.774. The number of aliphatic hydroxyl groups excluding tert-OH is 1. The summed E-state index contributed by atoms with van der Waals surface area (Å²) in [7, 11) is 0. The van der Waals surface area contributed by atoms with Gasteiger partial charge in [0, 0.05) is 0 Å². The minimum atomic E-state index is -1.52. The van der Waals surface area contributed by atoms with Crippen LogP contribution in [0.4, 0.5) is 0 Å². The third-order valence-electron chi connectivity index (χ3n) is 1.78. The average Bonchev–Trinajstić information content (AvgIpc) is 2.25. The molecule has 0 bridgehead atoms. The number of ether oxygens (including phenoxy) is 1. The van der Waals surface area contributed by atoms with Gasteiger partial charge in [0.25, 0.3) is 0 Å². The van der Waals surface area contributed by atoms with E-state index in [-0.39, 0.29) is 0 Å². The molecule has 0 spiro atoms. The van der Waals surface area contributed by atoms with Crippen LogP contribution in [-0.4, -0.2) is 22.8 Å². The maximum Gasteiger partial charge on any atom is 0.337 e. The van der Waals surface area contributed by atoms with E-state index in [0.717, 1.165) is 0 Å². The van der Waals surface area contributed by atoms with E-state index in [1.807, 2.05) is 0 Å². The maximum atomic E-state index is 10.5. The predicted molar refractivity (Wildman–Crippen MR) is 54.7 cm³/mol. The smallest absolute Gasteiger partial charge is 0.337 e. The van der Waals surface area contributed by atoms with Gasteiger partial charge in [-0.25, -0.2) is 4.79 Å². The number of hydrogen-bond acceptors (Lipinski definition) is 3. The van der Waals surface area contributed by atoms with Crippen LogP contribution in [0.5, 0.6) is 5.75 Å². The summed E-state index contributed by atoms with van der Waals surface area (Å²) >= 11 is 0. The van der Waals surface area contributed by atoms with E-state index in [9.17, 15) is 9.90 Å². The van der Waals surface area contributed by atoms with Crippen LogP contribution in [0.25, 0.3) is 0 Å². The first-order valence-corrected chi connectivity index (χ1v) is 4.39. The van der Waals surface area contributed by atoms with Crippen molar-refractivity contribution in [1.29, 1.82) is 0 Å². The second-order valence-electron chi connectivity index (χ2n) is 2.91. The van der Waals surface area contributed by atoms with Gasteiger partial charge in [-0.2, -0.15) is 0 Å². The molecule has 4 heteroatoms. The Labute approximate surface area is 87.4 Å². The molecule has 0 aliphatic heterocycles. The van der Waals surface area contributed by atoms with Gasteiger partial charge in [0.05, 0.1) is 0 Å². The summed E-state index contributed by atoms with van der Waals surface area (Å²) < 4.78 is 5.20. The summed E-state index contributed by atoms with van der Waals surface area (Å²) in [5.41, 5.74) is 0.295. The van der Waals surface area contributed by atoms with Crippen molar-refractivity contribution in [2.24, 2.45) is 0 Å². The van der Waals surface area contributed by atoms with Gasteiger partial charge in [0.15, 0.2) is 6.10 Å². The van der Waals surface area contributed by atoms with Crippen molar-refractivity contribution in [3.05, 3.63) is 42.5 Å². The summed E-state index contributed by atoms with van der Waals surface area (Å²) in [6.45, 7) is 3.83. The van der Waals surface area contributed by atoms with Crippen LogP contribution >= 0.6 is 0 Å². The largest absolute Gasteiger partial charge is 0.490 e. The predicted octanol–water partition coefficient (Wildman–Crippen LogP) is 1.37. The highest BCUT2D eigenvalue weighted by molar-refractivity contribution is 5.74. The quantitative estimate of drug-likeness (QED) is 0.717. The molecule has 0 aliphatic carbocycles. The first-order chi connectivity index (χ1) is 7.15. The highest BCUT2D eigenvalue weighted by atomic mass is 16.5. The monoisotopic (exact) mass is 208 g/mol. The van der Waals surface area contributed by atoms with Gasteiger partial charge in [-0.15, -0.1) is 0 Å². The van der Waals surface area contributed by atoms with Crippen molar-refractivity contribution in [2.75, 3.05) is 6.61 Å². The number of hydrogen-bond donors (Lipinski definition) is 2. The minimum absolute atomic E-state index is 0.295. The maximum absolute atomic E-state index is 10.5. The summed E-state index contributed by atoms with van der Waals surface area (Å²) in [6, 6.07) is 6.32. The fourth-order valence-electron chi connectivity index (χ4n) is 1.07. The molecule has 80 valence electrons. The van der Waals surface area contributed by atoms with Crippen molar-refractivity contribution in [3.63, 3.8) is 0 Å². The van der Waals surface area contributed by atoms with Crippen molar-refractivity contribution < 1.29 is 19.7 Å². The summed E-state index contributed by atoms with van der Waals surface area (Å²) in [6.07, 6.45) is 0.0672. The van der Waals surface area contributed by atoms with Crippen LogP contribution in [0.2, 0.25) is 0 Å². The Hall–Kier alpha value is -1.81. The Kier molecular flexibility index (Phi) is 3.88. The fraction of sp³-hybridized carbons (Fsp3) is 0.182. The normalized spacial score (nSPS) is 11.8. The number of carboxylic acids is 1. The molecule has 4 nitrogen and oxygen atoms in total. The van der Waals surface area contributed by atoms with Gasteiger partial charge in [-0.1, -0.05) is 24.8 Å². The molecule has 0 saturated heterocycles. The van der Waals surface area contributed by atoms with Gasteiger partial charge in [-0.05, 0) is 17.7 Å². The molecule has 0 radical (unpaired) electrons. The first-order valence-electron chi connectivity index (χ1n) is 4.39. The third kappa shape index (κ3) is 3.11. The molecule has 0 aromatic heterocycles. The standard InChI is InChI=1S/C11H12O4/c1-2-6-15-9-5-3-4-8(7-9)10(12)11(13)14/h2-5,7,10,12H,1,6H2,(H,13,14). The van der Waals surface area contributed by atoms with E-state index in [2.05, 4.69) is 6.58 Å². The van der Waals surface area contributed by atoms with Crippen molar-refractivity contribution in [2.45, 2.75) is 6.10 Å². The Bertz CT molecular complexity index is 359. The molecule has 0 saturated carbocycles. The molecule has 2 N–H and O–H groups in total. The topological polar surface area (TPSA) is 66.8 Å². The lowest BCUT2D eigenvalue weighted by atomic mass is 10.1. The number of aliphatic carboxylic acids is 1. The van der Waals surface area contributed by atoms with Crippen molar-refractivity contribution in [3.8, 4) is 5.75 Å². The lowest BCUT2D eigenvalue weighted by Gasteiger charge is -2.08. The van der Waals surface area contributed by atoms with Crippen LogP contribution < -0.4 is 4.74 Å². The molecule has 0 fully saturated rings. The molecule has 15 heavy (non-hydrogen) atoms. The summed E-state index contributed by atoms with van der Waals surface area (Å²) in [5, 5.41) is 17.9. The molecule has 0 aliphatic rings. The van der Waals surface area contributed by atoms with Crippen molar-refractivity contribution >= 4 is 5.97 Å². The first kappa shape index (κ1) is 11.3. The van der Waals surface area contributed by atoms with E-state index in [0.29, 0.717) is 17.9 Å². The summed E-state index contributed by atoms with van der Waals surface area (Å²) in [4.78, 5) is 10.5. The van der Waals surface area contributed by atoms with Crippen LogP contribution in [0, 0.1) is 0 Å². The zero-order valence-electron chi connectivity index (χ0n) is 8.09. The van der Waals surface area contributed by atoms with E-state index in [1.54, 1.807) is 18.2 Å². The lowest BCUT2D eigenvalue weighted by molar-refractivity contribution is -0.146. The Morgan fingerprint density at radius 1 is 1.60 bits per heavy atom. The van der Waals surface area contributed by atoms with Gasteiger partial charge in [0.1, 0.15) is 12.4 Å². The Morgan fingerprint density at radius 3 is 2.93 bits per heavy atom. The molecule has 0 heterocycles. The molecule has 1 unspecified atom stereocenters. The van der Waals surface area contributed by atoms with E-state index >= 15 is 0 Å².